The lowest BCUT2D eigenvalue weighted by Gasteiger charge is -2.33. The second kappa shape index (κ2) is 7.15. The highest BCUT2D eigenvalue weighted by atomic mass is 16.5. The second-order valence-corrected chi connectivity index (χ2v) is 8.37. The maximum atomic E-state index is 12.0. The fraction of sp³-hybridized carbons (Fsp3) is 0.348. The Labute approximate surface area is 184 Å². The van der Waals surface area contributed by atoms with E-state index in [4.69, 9.17) is 19.9 Å². The minimum absolute atomic E-state index is 0.299. The summed E-state index contributed by atoms with van der Waals surface area (Å²) in [6.45, 7) is 2.13. The number of nitrogens with two attached hydrogens (primary N) is 1. The molecule has 0 spiro atoms. The van der Waals surface area contributed by atoms with Gasteiger partial charge in [0, 0.05) is 37.5 Å². The van der Waals surface area contributed by atoms with Crippen molar-refractivity contribution in [2.45, 2.75) is 25.3 Å². The summed E-state index contributed by atoms with van der Waals surface area (Å²) in [6, 6.07) is 6.11. The van der Waals surface area contributed by atoms with E-state index < -0.39 is 0 Å². The van der Waals surface area contributed by atoms with E-state index in [0.717, 1.165) is 71.8 Å². The lowest BCUT2D eigenvalue weighted by atomic mass is 10.0. The molecule has 0 saturated carbocycles. The van der Waals surface area contributed by atoms with Crippen molar-refractivity contribution in [2.24, 2.45) is 10.7 Å². The van der Waals surface area contributed by atoms with Gasteiger partial charge >= 0.3 is 0 Å². The number of likely N-dealkylation sites (tertiary alicyclic amines) is 1. The standard InChI is InChI=1S/C23H24N6O3/c1-25-23-27-16-9-13(4-5-19(16)32-23)22-26-10-15-18(28-7-2-3-17(28)21(24)30)12-31-11-14-6-8-29(22)20(14)15/h4-5,9-10,12,17H,2-3,6-8,11H2,1H3,(H2,24,30)(H,25,27)/t17-/m0/s1. The number of hydrogen-bond acceptors (Lipinski definition) is 8. The van der Waals surface area contributed by atoms with Crippen molar-refractivity contribution in [3.05, 3.63) is 58.8 Å². The Balaban J connectivity index is 1.43. The maximum absolute atomic E-state index is 12.0. The Kier molecular flexibility index (Phi) is 4.24. The molecule has 4 aliphatic heterocycles. The molecule has 4 aliphatic rings. The Morgan fingerprint density at radius 2 is 2.22 bits per heavy atom. The number of amidine groups is 1. The fourth-order valence-electron chi connectivity index (χ4n) is 5.06. The minimum atomic E-state index is -0.316. The van der Waals surface area contributed by atoms with Crippen LogP contribution in [0.2, 0.25) is 0 Å². The van der Waals surface area contributed by atoms with Crippen molar-refractivity contribution in [1.82, 2.24) is 14.8 Å². The minimum Gasteiger partial charge on any atom is -0.495 e. The number of aliphatic imine (C=N–C) groups is 1. The molecule has 1 aromatic heterocycles. The Morgan fingerprint density at radius 1 is 1.31 bits per heavy atom. The lowest BCUT2D eigenvalue weighted by molar-refractivity contribution is -0.121. The number of ether oxygens (including phenoxy) is 1. The molecular weight excluding hydrogens is 408 g/mol. The normalized spacial score (nSPS) is 22.3. The van der Waals surface area contributed by atoms with Crippen LogP contribution in [0.25, 0.3) is 11.1 Å². The first-order chi connectivity index (χ1) is 15.6. The summed E-state index contributed by atoms with van der Waals surface area (Å²) in [5.41, 5.74) is 12.4. The molecule has 9 nitrogen and oxygen atoms in total. The molecule has 5 heterocycles. The molecule has 1 atom stereocenters. The van der Waals surface area contributed by atoms with Crippen LogP contribution >= 0.6 is 0 Å². The van der Waals surface area contributed by atoms with Gasteiger partial charge in [0.15, 0.2) is 5.58 Å². The van der Waals surface area contributed by atoms with Crippen molar-refractivity contribution in [3.63, 3.8) is 0 Å². The van der Waals surface area contributed by atoms with Gasteiger partial charge in [-0.05, 0) is 43.0 Å². The van der Waals surface area contributed by atoms with Crippen LogP contribution in [0.1, 0.15) is 24.8 Å². The first-order valence-corrected chi connectivity index (χ1v) is 10.9. The van der Waals surface area contributed by atoms with Gasteiger partial charge in [-0.15, -0.1) is 0 Å². The van der Waals surface area contributed by atoms with Gasteiger partial charge in [-0.25, -0.2) is 4.99 Å². The van der Waals surface area contributed by atoms with E-state index in [1.165, 1.54) is 5.57 Å². The van der Waals surface area contributed by atoms with Gasteiger partial charge in [-0.3, -0.25) is 4.79 Å². The number of amides is 1. The van der Waals surface area contributed by atoms with Crippen LogP contribution in [0.4, 0.5) is 6.01 Å². The molecule has 1 saturated heterocycles. The van der Waals surface area contributed by atoms with E-state index in [-0.39, 0.29) is 11.9 Å². The average Bonchev–Trinajstić information content (AvgIpc) is 3.51. The monoisotopic (exact) mass is 432 g/mol. The number of benzene rings is 1. The summed E-state index contributed by atoms with van der Waals surface area (Å²) in [5.74, 6) is 0.580. The highest BCUT2D eigenvalue weighted by Crippen LogP contribution is 2.41. The van der Waals surface area contributed by atoms with Gasteiger partial charge in [0.05, 0.1) is 11.4 Å². The van der Waals surface area contributed by atoms with Gasteiger partial charge in [-0.1, -0.05) is 0 Å². The molecular formula is C23H24N6O3. The van der Waals surface area contributed by atoms with Crippen LogP contribution in [0.15, 0.2) is 62.6 Å². The van der Waals surface area contributed by atoms with E-state index >= 15 is 0 Å². The summed E-state index contributed by atoms with van der Waals surface area (Å²) in [4.78, 5) is 25.7. The first kappa shape index (κ1) is 19.0. The summed E-state index contributed by atoms with van der Waals surface area (Å²) in [7, 11) is 1.78. The van der Waals surface area contributed by atoms with Crippen molar-refractivity contribution >= 4 is 28.9 Å². The number of anilines is 1. The number of carbonyl (C=O) groups is 1. The molecule has 164 valence electrons. The van der Waals surface area contributed by atoms with Crippen molar-refractivity contribution in [2.75, 3.05) is 32.1 Å². The maximum Gasteiger partial charge on any atom is 0.295 e. The molecule has 1 amide bonds. The number of rotatable bonds is 4. The van der Waals surface area contributed by atoms with Crippen molar-refractivity contribution < 1.29 is 13.9 Å². The number of nitrogens with zero attached hydrogens (tertiary/aromatic N) is 4. The molecule has 1 aromatic carbocycles. The molecule has 0 bridgehead atoms. The first-order valence-electron chi connectivity index (χ1n) is 10.9. The Hall–Kier alpha value is -3.75. The van der Waals surface area contributed by atoms with Crippen LogP contribution < -0.4 is 11.1 Å². The number of oxazole rings is 1. The molecule has 3 N–H and O–H groups in total. The summed E-state index contributed by atoms with van der Waals surface area (Å²) >= 11 is 0. The molecule has 6 rings (SSSR count). The molecule has 0 unspecified atom stereocenters. The van der Waals surface area contributed by atoms with Gasteiger partial charge in [0.1, 0.15) is 30.3 Å². The molecule has 32 heavy (non-hydrogen) atoms. The highest BCUT2D eigenvalue weighted by Gasteiger charge is 2.39. The predicted octanol–water partition coefficient (Wildman–Crippen LogP) is 2.29. The van der Waals surface area contributed by atoms with Crippen LogP contribution in [-0.4, -0.2) is 59.3 Å². The third-order valence-corrected chi connectivity index (χ3v) is 6.55. The van der Waals surface area contributed by atoms with Gasteiger partial charge in [0.2, 0.25) is 5.91 Å². The highest BCUT2D eigenvalue weighted by molar-refractivity contribution is 6.04. The summed E-state index contributed by atoms with van der Waals surface area (Å²) in [5, 5.41) is 2.94. The van der Waals surface area contributed by atoms with Crippen LogP contribution in [0, 0.1) is 0 Å². The fourth-order valence-corrected chi connectivity index (χ4v) is 5.06. The number of hydrogen-bond donors (Lipinski definition) is 2. The zero-order valence-electron chi connectivity index (χ0n) is 17.8. The average molecular weight is 432 g/mol. The smallest absolute Gasteiger partial charge is 0.295 e. The predicted molar refractivity (Wildman–Crippen MR) is 119 cm³/mol. The van der Waals surface area contributed by atoms with Crippen molar-refractivity contribution in [3.8, 4) is 0 Å². The largest absolute Gasteiger partial charge is 0.495 e. The Bertz CT molecular complexity index is 1250. The zero-order chi connectivity index (χ0) is 21.8. The Morgan fingerprint density at radius 3 is 3.06 bits per heavy atom. The second-order valence-electron chi connectivity index (χ2n) is 8.37. The van der Waals surface area contributed by atoms with Gasteiger partial charge in [-0.2, -0.15) is 4.98 Å². The number of primary amides is 1. The third-order valence-electron chi connectivity index (χ3n) is 6.55. The molecule has 2 aromatic rings. The number of fused-ring (bicyclic) bond motifs is 1. The number of carbonyl (C=O) groups excluding carboxylic acids is 1. The number of aromatic nitrogens is 1. The van der Waals surface area contributed by atoms with Crippen LogP contribution in [0.5, 0.6) is 0 Å². The summed E-state index contributed by atoms with van der Waals surface area (Å²) in [6.07, 6.45) is 6.26. The molecule has 9 heteroatoms. The van der Waals surface area contributed by atoms with Gasteiger partial charge in [0.25, 0.3) is 6.01 Å². The zero-order valence-corrected chi connectivity index (χ0v) is 17.8. The quantitative estimate of drug-likeness (QED) is 0.763. The van der Waals surface area contributed by atoms with E-state index in [1.807, 2.05) is 24.4 Å². The van der Waals surface area contributed by atoms with E-state index in [0.29, 0.717) is 12.6 Å². The van der Waals surface area contributed by atoms with Crippen molar-refractivity contribution in [1.29, 1.82) is 0 Å². The van der Waals surface area contributed by atoms with Crippen LogP contribution in [0.3, 0.4) is 0 Å². The van der Waals surface area contributed by atoms with Crippen LogP contribution in [-0.2, 0) is 9.53 Å². The topological polar surface area (TPSA) is 109 Å². The third kappa shape index (κ3) is 2.80. The molecule has 0 radical (unpaired) electrons. The van der Waals surface area contributed by atoms with E-state index in [1.54, 1.807) is 13.3 Å². The molecule has 1 fully saturated rings. The number of nitrogens with one attached hydrogen (secondary N) is 1. The lowest BCUT2D eigenvalue weighted by Crippen LogP contribution is -2.41. The SMILES string of the molecule is CNc1nc2cc(C3=NC=C4C(N5CCC[C@H]5C(N)=O)=COCC5=C4N3CC5)ccc2o1. The van der Waals surface area contributed by atoms with E-state index in [9.17, 15) is 4.79 Å². The van der Waals surface area contributed by atoms with Gasteiger partial charge < -0.3 is 30.0 Å². The molecule has 0 aliphatic carbocycles. The van der Waals surface area contributed by atoms with E-state index in [2.05, 4.69) is 20.1 Å². The summed E-state index contributed by atoms with van der Waals surface area (Å²) < 4.78 is 11.6.